The van der Waals surface area contributed by atoms with Gasteiger partial charge in [0.25, 0.3) is 0 Å². The Kier molecular flexibility index (Phi) is 39.5. The normalized spacial score (nSPS) is 23.6. The molecule has 2 aromatic carbocycles. The third-order valence-electron chi connectivity index (χ3n) is 15.1. The van der Waals surface area contributed by atoms with Gasteiger partial charge in [-0.3, -0.25) is 38.4 Å². The smallest absolute Gasteiger partial charge is 0.249 e. The lowest BCUT2D eigenvalue weighted by Gasteiger charge is -2.39. The summed E-state index contributed by atoms with van der Waals surface area (Å²) in [5, 5.41) is 11.3. The van der Waals surface area contributed by atoms with Crippen LogP contribution in [0.1, 0.15) is 110 Å². The van der Waals surface area contributed by atoms with Gasteiger partial charge in [0.1, 0.15) is 24.2 Å². The topological polar surface area (TPSA) is 198 Å². The molecule has 16 nitrogen and oxygen atoms in total. The van der Waals surface area contributed by atoms with Crippen LogP contribution in [0, 0.1) is 16.7 Å². The van der Waals surface area contributed by atoms with Crippen molar-refractivity contribution in [2.45, 2.75) is 140 Å². The number of benzene rings is 2. The molecule has 7 rings (SSSR count). The average Bonchev–Trinajstić information content (AvgIpc) is 3.67. The van der Waals surface area contributed by atoms with Crippen LogP contribution in [-0.2, 0) is 38.4 Å². The van der Waals surface area contributed by atoms with Crippen LogP contribution in [0.15, 0.2) is 60.7 Å². The van der Waals surface area contributed by atoms with Crippen LogP contribution in [0.5, 0.6) is 0 Å². The van der Waals surface area contributed by atoms with Gasteiger partial charge in [0.2, 0.25) is 41.4 Å². The van der Waals surface area contributed by atoms with E-state index in [1.807, 2.05) is 77.9 Å². The summed E-state index contributed by atoms with van der Waals surface area (Å²) in [4.78, 5) is 120. The van der Waals surface area contributed by atoms with E-state index < -0.39 is 58.9 Å². The van der Waals surface area contributed by atoms with Crippen molar-refractivity contribution >= 4 is 206 Å². The molecule has 0 aromatic heterocycles. The number of fused-ring (bicyclic) bond motifs is 2. The molecular weight excluding hydrogens is 1250 g/mol. The van der Waals surface area contributed by atoms with Crippen molar-refractivity contribution in [3.05, 3.63) is 71.8 Å². The Morgan fingerprint density at radius 2 is 1.01 bits per heavy atom. The fourth-order valence-corrected chi connectivity index (χ4v) is 13.9. The Bertz CT molecular complexity index is 2150. The zero-order chi connectivity index (χ0) is 50.7. The van der Waals surface area contributed by atoms with Crippen molar-refractivity contribution in [2.75, 3.05) is 44.7 Å². The molecule has 0 unspecified atom stereocenters. The molecule has 0 saturated carbocycles. The standard InChI is InChI=1S/C52H72N8O8S2.10H2S/c1-9-31(2)44(62)54-36-20-26-70-40-30-52(6,7)43(60(40)49(36)67)46(64)56-41(34-18-14-11-15-19-34)50(68)58-24-22-57(23-25-58)47(65)35(33-16-12-10-13-17-33)28-38(61)42-51(4,5)29-39-59(42)48(66)37(21-27-69-39)55-45(63)32(3)53-8;;;;;;;;;;/h10-19,31-32,35-37,39-43,53H,9,20-30H2,1-8H3,(H,54,62)(H,55,63)(H,56,64);10*1H2/t31-,32+,35+,36+,37+,39+,40+,41+,42-,43-;;;;;;;;;;/m1........../s1. The summed E-state index contributed by atoms with van der Waals surface area (Å²) in [6.07, 6.45) is 2.53. The lowest BCUT2D eigenvalue weighted by molar-refractivity contribution is -0.147. The Hall–Kier alpha value is -1.44. The van der Waals surface area contributed by atoms with Gasteiger partial charge in [0.05, 0.1) is 28.7 Å². The number of likely N-dealkylation sites (N-methyl/N-ethyl adjacent to an activating group) is 1. The molecule has 0 aliphatic carbocycles. The third kappa shape index (κ3) is 19.3. The zero-order valence-electron chi connectivity index (χ0n) is 46.9. The Morgan fingerprint density at radius 3 is 1.46 bits per heavy atom. The summed E-state index contributed by atoms with van der Waals surface area (Å²) in [5.74, 6) is -2.20. The molecule has 7 amide bonds. The minimum absolute atomic E-state index is 0. The molecule has 0 spiro atoms. The molecule has 0 bridgehead atoms. The number of piperazine rings is 1. The fourth-order valence-electron chi connectivity index (χ4n) is 10.8. The first-order valence-electron chi connectivity index (χ1n) is 24.9. The summed E-state index contributed by atoms with van der Waals surface area (Å²) in [6.45, 7) is 14.1. The lowest BCUT2D eigenvalue weighted by atomic mass is 9.79. The van der Waals surface area contributed by atoms with Gasteiger partial charge in [0.15, 0.2) is 5.78 Å². The number of Topliss-reactive ketones (excluding diaryl/α,β-unsaturated/α-hetero) is 1. The maximum atomic E-state index is 14.8. The Morgan fingerprint density at radius 1 is 0.600 bits per heavy atom. The molecule has 80 heavy (non-hydrogen) atoms. The number of nitrogens with zero attached hydrogens (tertiary/aromatic N) is 4. The van der Waals surface area contributed by atoms with Crippen molar-refractivity contribution < 1.29 is 38.4 Å². The predicted molar refractivity (Wildman–Crippen MR) is 375 cm³/mol. The molecule has 2 aromatic rings. The number of carbonyl (C=O) groups is 8. The zero-order valence-corrected chi connectivity index (χ0v) is 58.5. The van der Waals surface area contributed by atoms with Crippen molar-refractivity contribution in [1.82, 2.24) is 40.9 Å². The second kappa shape index (κ2) is 37.2. The van der Waals surface area contributed by atoms with E-state index in [0.717, 1.165) is 0 Å². The quantitative estimate of drug-likeness (QED) is 0.183. The van der Waals surface area contributed by atoms with Crippen LogP contribution in [-0.4, -0.2) is 152 Å². The number of rotatable bonds is 15. The lowest BCUT2D eigenvalue weighted by Crippen LogP contribution is -2.59. The van der Waals surface area contributed by atoms with Crippen LogP contribution in [0.3, 0.4) is 0 Å². The Balaban J connectivity index is -0.00000289. The number of hydrogen-bond donors (Lipinski definition) is 4. The molecule has 5 saturated heterocycles. The van der Waals surface area contributed by atoms with Crippen molar-refractivity contribution in [2.24, 2.45) is 16.7 Å². The molecule has 460 valence electrons. The first-order valence-corrected chi connectivity index (χ1v) is 27.0. The summed E-state index contributed by atoms with van der Waals surface area (Å²) in [5.41, 5.74) is 0.00188. The minimum atomic E-state index is -1.09. The van der Waals surface area contributed by atoms with Gasteiger partial charge in [-0.15, -0.1) is 23.5 Å². The van der Waals surface area contributed by atoms with E-state index in [9.17, 15) is 38.4 Å². The fraction of sp³-hybridized carbons (Fsp3) is 0.615. The predicted octanol–water partition coefficient (Wildman–Crippen LogP) is 5.19. The van der Waals surface area contributed by atoms with E-state index in [0.29, 0.717) is 54.7 Å². The first kappa shape index (κ1) is 85.0. The van der Waals surface area contributed by atoms with Gasteiger partial charge in [-0.25, -0.2) is 0 Å². The van der Waals surface area contributed by atoms with Gasteiger partial charge >= 0.3 is 0 Å². The maximum Gasteiger partial charge on any atom is 0.249 e. The second-order valence-electron chi connectivity index (χ2n) is 21.0. The van der Waals surface area contributed by atoms with E-state index in [2.05, 4.69) is 21.3 Å². The average molecular weight is 1340 g/mol. The van der Waals surface area contributed by atoms with E-state index in [4.69, 9.17) is 0 Å². The number of ketones is 1. The highest BCUT2D eigenvalue weighted by Crippen LogP contribution is 2.48. The largest absolute Gasteiger partial charge is 0.344 e. The van der Waals surface area contributed by atoms with E-state index in [1.165, 1.54) is 0 Å². The highest BCUT2D eigenvalue weighted by atomic mass is 32.2. The van der Waals surface area contributed by atoms with Gasteiger partial charge in [-0.1, -0.05) is 102 Å². The van der Waals surface area contributed by atoms with Crippen LogP contribution in [0.25, 0.3) is 0 Å². The summed E-state index contributed by atoms with van der Waals surface area (Å²) in [7, 11) is 1.68. The first-order chi connectivity index (χ1) is 33.3. The molecule has 28 heteroatoms. The van der Waals surface area contributed by atoms with Gasteiger partial charge < -0.3 is 40.9 Å². The van der Waals surface area contributed by atoms with Gasteiger partial charge in [0, 0.05) is 38.5 Å². The van der Waals surface area contributed by atoms with Crippen molar-refractivity contribution in [1.29, 1.82) is 0 Å². The van der Waals surface area contributed by atoms with Crippen LogP contribution >= 0.6 is 158 Å². The molecule has 5 aliphatic rings. The summed E-state index contributed by atoms with van der Waals surface area (Å²) < 4.78 is 0. The maximum absolute atomic E-state index is 14.8. The highest BCUT2D eigenvalue weighted by molar-refractivity contribution is 8.00. The summed E-state index contributed by atoms with van der Waals surface area (Å²) >= 11 is 3.23. The molecule has 5 fully saturated rings. The molecule has 4 N–H and O–H groups in total. The third-order valence-corrected chi connectivity index (χ3v) is 17.6. The molecule has 5 heterocycles. The molecule has 0 radical (unpaired) electrons. The summed E-state index contributed by atoms with van der Waals surface area (Å²) in [6, 6.07) is 13.3. The monoisotopic (exact) mass is 1340 g/mol. The SMILES string of the molecule is CC[C@@H](C)C(=O)N[C@H]1CCS[C@H]2CC(C)(C)[C@@H](C(=O)N[C@H](C(=O)N3CCN(C(=O)[C@@H](CC(=O)[C@H]4N5C(=O)[C@@H](NC(=O)[C@H](C)NC)CCS[C@H]5CC4(C)C)c4ccccc4)CC3)c3ccccc3)N2C1=O.S.S.S.S.S.S.S.S.S.S. The van der Waals surface area contributed by atoms with E-state index in [1.54, 1.807) is 81.4 Å². The minimum Gasteiger partial charge on any atom is -0.344 e. The number of carbonyl (C=O) groups excluding carboxylic acids is 8. The van der Waals surface area contributed by atoms with Gasteiger partial charge in [-0.2, -0.15) is 135 Å². The van der Waals surface area contributed by atoms with Crippen LogP contribution in [0.2, 0.25) is 0 Å². The second-order valence-corrected chi connectivity index (χ2v) is 23.6. The van der Waals surface area contributed by atoms with Crippen molar-refractivity contribution in [3.8, 4) is 0 Å². The van der Waals surface area contributed by atoms with Crippen molar-refractivity contribution in [3.63, 3.8) is 0 Å². The highest BCUT2D eigenvalue weighted by Gasteiger charge is 2.56. The number of nitrogens with one attached hydrogen (secondary N) is 4. The number of hydrogen-bond acceptors (Lipinski definition) is 11. The van der Waals surface area contributed by atoms with Crippen LogP contribution in [0.4, 0.5) is 0 Å². The number of amides is 7. The van der Waals surface area contributed by atoms with Crippen LogP contribution < -0.4 is 21.3 Å². The Labute approximate surface area is 553 Å². The van der Waals surface area contributed by atoms with E-state index in [-0.39, 0.29) is 225 Å². The molecule has 5 aliphatic heterocycles. The molecular formula is C52H92N8O8S12. The van der Waals surface area contributed by atoms with E-state index >= 15 is 0 Å². The number of thioether (sulfide) groups is 2. The van der Waals surface area contributed by atoms with Gasteiger partial charge in [-0.05, 0) is 79.5 Å². The molecule has 10 atom stereocenters.